The first-order chi connectivity index (χ1) is 32.0. The van der Waals surface area contributed by atoms with Gasteiger partial charge in [-0.25, -0.2) is 0 Å². The fourth-order valence-electron chi connectivity index (χ4n) is 6.63. The van der Waals surface area contributed by atoms with Gasteiger partial charge in [-0.3, -0.25) is 14.4 Å². The van der Waals surface area contributed by atoms with Gasteiger partial charge in [-0.05, 0) is 96.3 Å². The summed E-state index contributed by atoms with van der Waals surface area (Å²) in [6.45, 7) is 6.29. The van der Waals surface area contributed by atoms with E-state index in [1.807, 2.05) is 12.2 Å². The monoisotopic (exact) mass is 899 g/mol. The molecule has 0 aliphatic rings. The Balaban J connectivity index is 4.37. The molecule has 0 aromatic rings. The van der Waals surface area contributed by atoms with Crippen LogP contribution in [0.1, 0.15) is 213 Å². The van der Waals surface area contributed by atoms with Crippen LogP contribution in [0.25, 0.3) is 0 Å². The normalized spacial score (nSPS) is 13.1. The molecular weight excluding hydrogens is 805 g/mol. The Labute approximate surface area is 399 Å². The van der Waals surface area contributed by atoms with Crippen LogP contribution in [0, 0.1) is 0 Å². The maximum Gasteiger partial charge on any atom is 0.306 e. The third-order valence-electron chi connectivity index (χ3n) is 10.5. The third-order valence-corrected chi connectivity index (χ3v) is 10.5. The lowest BCUT2D eigenvalue weighted by atomic mass is 10.1. The van der Waals surface area contributed by atoms with Gasteiger partial charge in [-0.1, -0.05) is 219 Å². The molecule has 1 atom stereocenters. The predicted molar refractivity (Wildman–Crippen MR) is 279 cm³/mol. The molecule has 0 fully saturated rings. The van der Waals surface area contributed by atoms with Crippen molar-refractivity contribution >= 4 is 17.9 Å². The molecule has 6 nitrogen and oxygen atoms in total. The Morgan fingerprint density at radius 1 is 0.323 bits per heavy atom. The second-order valence-electron chi connectivity index (χ2n) is 16.7. The highest BCUT2D eigenvalue weighted by Gasteiger charge is 2.19. The van der Waals surface area contributed by atoms with Crippen LogP contribution >= 0.6 is 0 Å². The average molecular weight is 899 g/mol. The van der Waals surface area contributed by atoms with Gasteiger partial charge in [-0.2, -0.15) is 0 Å². The highest BCUT2D eigenvalue weighted by Crippen LogP contribution is 2.13. The maximum absolute atomic E-state index is 12.7. The lowest BCUT2D eigenvalue weighted by molar-refractivity contribution is -0.166. The molecule has 0 aliphatic heterocycles. The van der Waals surface area contributed by atoms with Gasteiger partial charge in [0.2, 0.25) is 0 Å². The summed E-state index contributed by atoms with van der Waals surface area (Å²) >= 11 is 0. The Bertz CT molecular complexity index is 1400. The summed E-state index contributed by atoms with van der Waals surface area (Å²) < 4.78 is 16.7. The van der Waals surface area contributed by atoms with E-state index >= 15 is 0 Å². The molecule has 0 saturated heterocycles. The first kappa shape index (κ1) is 60.8. The van der Waals surface area contributed by atoms with Crippen LogP contribution in [0.2, 0.25) is 0 Å². The van der Waals surface area contributed by atoms with Crippen molar-refractivity contribution in [3.63, 3.8) is 0 Å². The summed E-state index contributed by atoms with van der Waals surface area (Å²) in [5.41, 5.74) is 0. The van der Waals surface area contributed by atoms with E-state index in [1.165, 1.54) is 51.4 Å². The number of hydrogen-bond donors (Lipinski definition) is 0. The van der Waals surface area contributed by atoms with E-state index < -0.39 is 12.1 Å². The van der Waals surface area contributed by atoms with Crippen LogP contribution in [0.5, 0.6) is 0 Å². The third kappa shape index (κ3) is 50.7. The van der Waals surface area contributed by atoms with Gasteiger partial charge < -0.3 is 14.2 Å². The van der Waals surface area contributed by atoms with E-state index in [1.54, 1.807) is 0 Å². The largest absolute Gasteiger partial charge is 0.462 e. The van der Waals surface area contributed by atoms with Crippen LogP contribution in [0.3, 0.4) is 0 Å². The number of esters is 3. The molecule has 366 valence electrons. The van der Waals surface area contributed by atoms with Gasteiger partial charge in [0.05, 0.1) is 0 Å². The second-order valence-corrected chi connectivity index (χ2v) is 16.7. The predicted octanol–water partition coefficient (Wildman–Crippen LogP) is 17.3. The number of carbonyl (C=O) groups is 3. The summed E-state index contributed by atoms with van der Waals surface area (Å²) in [7, 11) is 0. The average Bonchev–Trinajstić information content (AvgIpc) is 3.30. The molecule has 0 amide bonds. The zero-order valence-corrected chi connectivity index (χ0v) is 41.7. The molecule has 0 aromatic heterocycles. The Morgan fingerprint density at radius 3 is 1.00 bits per heavy atom. The maximum atomic E-state index is 12.7. The number of allylic oxidation sites excluding steroid dienone is 20. The molecule has 0 bridgehead atoms. The molecule has 0 aliphatic carbocycles. The number of hydrogen-bond acceptors (Lipinski definition) is 6. The van der Waals surface area contributed by atoms with Gasteiger partial charge in [0.25, 0.3) is 0 Å². The van der Waals surface area contributed by atoms with E-state index in [0.29, 0.717) is 19.3 Å². The molecule has 0 heterocycles. The topological polar surface area (TPSA) is 78.9 Å². The minimum atomic E-state index is -0.822. The van der Waals surface area contributed by atoms with E-state index in [2.05, 4.69) is 130 Å². The Kier molecular flexibility index (Phi) is 49.1. The van der Waals surface area contributed by atoms with Gasteiger partial charge in [0.15, 0.2) is 6.10 Å². The molecule has 0 spiro atoms. The molecule has 6 heteroatoms. The van der Waals surface area contributed by atoms with Crippen molar-refractivity contribution in [1.29, 1.82) is 0 Å². The first-order valence-electron chi connectivity index (χ1n) is 26.0. The summed E-state index contributed by atoms with van der Waals surface area (Å²) in [5.74, 6) is -1.02. The van der Waals surface area contributed by atoms with Crippen molar-refractivity contribution in [2.45, 2.75) is 219 Å². The molecule has 0 saturated carbocycles. The molecule has 0 N–H and O–H groups in total. The number of unbranched alkanes of at least 4 members (excludes halogenated alkanes) is 14. The van der Waals surface area contributed by atoms with Crippen molar-refractivity contribution in [2.24, 2.45) is 0 Å². The van der Waals surface area contributed by atoms with Crippen molar-refractivity contribution < 1.29 is 28.6 Å². The minimum absolute atomic E-state index is 0.113. The van der Waals surface area contributed by atoms with Crippen molar-refractivity contribution in [3.8, 4) is 0 Å². The van der Waals surface area contributed by atoms with Crippen LogP contribution in [0.4, 0.5) is 0 Å². The number of rotatable bonds is 45. The summed E-state index contributed by atoms with van der Waals surface area (Å²) in [6, 6.07) is 0. The molecule has 65 heavy (non-hydrogen) atoms. The summed E-state index contributed by atoms with van der Waals surface area (Å²) in [4.78, 5) is 37.8. The quantitative estimate of drug-likeness (QED) is 0.0262. The molecular formula is C59H94O6. The molecule has 0 radical (unpaired) electrons. The van der Waals surface area contributed by atoms with Crippen LogP contribution in [0.15, 0.2) is 122 Å². The highest BCUT2D eigenvalue weighted by atomic mass is 16.6. The van der Waals surface area contributed by atoms with Gasteiger partial charge >= 0.3 is 17.9 Å². The number of ether oxygens (including phenoxy) is 3. The van der Waals surface area contributed by atoms with Crippen LogP contribution in [-0.2, 0) is 28.6 Å². The van der Waals surface area contributed by atoms with E-state index in [9.17, 15) is 14.4 Å². The van der Waals surface area contributed by atoms with Gasteiger partial charge in [-0.15, -0.1) is 0 Å². The first-order valence-corrected chi connectivity index (χ1v) is 26.0. The smallest absolute Gasteiger partial charge is 0.306 e. The molecule has 0 aromatic carbocycles. The standard InChI is InChI=1S/C59H94O6/c1-4-7-10-13-16-19-21-23-24-25-26-27-28-29-30-31-32-33-34-36-37-40-43-46-49-52-58(61)64-55-56(54-63-57(60)51-48-45-42-39-18-15-12-9-6-3)65-59(62)53-50-47-44-41-38-35-22-20-17-14-11-8-5-2/h7-8,10-11,16-17,19-20,23-24,26-27,29-30,32-33,35,38,44,47,56H,4-6,9,12-15,18,21-22,25,28,31,34,36-37,39-43,45-46,48-55H2,1-3H3/b10-7-,11-8-,19-16-,20-17-,24-23-,27-26-,30-29-,33-32-,38-35-,47-44-. The fraction of sp³-hybridized carbons (Fsp3) is 0.610. The van der Waals surface area contributed by atoms with E-state index in [-0.39, 0.29) is 31.6 Å². The van der Waals surface area contributed by atoms with Crippen molar-refractivity contribution in [2.75, 3.05) is 13.2 Å². The van der Waals surface area contributed by atoms with Crippen molar-refractivity contribution in [1.82, 2.24) is 0 Å². The lowest BCUT2D eigenvalue weighted by Gasteiger charge is -2.18. The van der Waals surface area contributed by atoms with E-state index in [4.69, 9.17) is 14.2 Å². The minimum Gasteiger partial charge on any atom is -0.462 e. The lowest BCUT2D eigenvalue weighted by Crippen LogP contribution is -2.30. The van der Waals surface area contributed by atoms with Gasteiger partial charge in [0, 0.05) is 19.3 Å². The van der Waals surface area contributed by atoms with Gasteiger partial charge in [0.1, 0.15) is 13.2 Å². The number of carbonyl (C=O) groups excluding carboxylic acids is 3. The Hall–Kier alpha value is -4.19. The zero-order chi connectivity index (χ0) is 47.2. The Morgan fingerprint density at radius 2 is 0.631 bits per heavy atom. The summed E-state index contributed by atoms with van der Waals surface area (Å²) in [6.07, 6.45) is 72.1. The van der Waals surface area contributed by atoms with Crippen molar-refractivity contribution in [3.05, 3.63) is 122 Å². The summed E-state index contributed by atoms with van der Waals surface area (Å²) in [5, 5.41) is 0. The second kappa shape index (κ2) is 52.4. The molecule has 1 unspecified atom stereocenters. The highest BCUT2D eigenvalue weighted by molar-refractivity contribution is 5.71. The van der Waals surface area contributed by atoms with Crippen LogP contribution < -0.4 is 0 Å². The van der Waals surface area contributed by atoms with E-state index in [0.717, 1.165) is 116 Å². The fourth-order valence-corrected chi connectivity index (χ4v) is 6.63. The van der Waals surface area contributed by atoms with Crippen LogP contribution in [-0.4, -0.2) is 37.2 Å². The molecule has 0 rings (SSSR count). The zero-order valence-electron chi connectivity index (χ0n) is 41.7. The SMILES string of the molecule is CC/C=C\C/C=C\C/C=C\C/C=C\C/C=C\C/C=C\CCCCCCCCC(=O)OCC(COC(=O)CCCCCCCCCCC)OC(=O)CC/C=C\C/C=C\C/C=C\C/C=C\CC.